The largest absolute Gasteiger partial charge is 0.339 e. The molecule has 0 spiro atoms. The Kier molecular flexibility index (Phi) is 7.32. The van der Waals surface area contributed by atoms with Crippen LogP contribution in [0.5, 0.6) is 0 Å². The lowest BCUT2D eigenvalue weighted by molar-refractivity contribution is -0.384. The Morgan fingerprint density at radius 3 is 2.25 bits per heavy atom. The van der Waals surface area contributed by atoms with Crippen LogP contribution in [0.2, 0.25) is 0 Å². The number of likely N-dealkylation sites (N-methyl/N-ethyl adjacent to an activating group) is 1. The number of hydrogen-bond acceptors (Lipinski definition) is 7. The van der Waals surface area contributed by atoms with Gasteiger partial charge in [0.15, 0.2) is 0 Å². The summed E-state index contributed by atoms with van der Waals surface area (Å²) in [6.07, 6.45) is -0.0950. The summed E-state index contributed by atoms with van der Waals surface area (Å²) in [6, 6.07) is 17.3. The maximum absolute atomic E-state index is 13.4. The molecular formula is C25H26N4O6S. The van der Waals surface area contributed by atoms with Crippen LogP contribution < -0.4 is 4.72 Å². The maximum atomic E-state index is 13.4. The third-order valence-electron chi connectivity index (χ3n) is 6.28. The van der Waals surface area contributed by atoms with Crippen molar-refractivity contribution in [3.63, 3.8) is 0 Å². The van der Waals surface area contributed by atoms with E-state index in [2.05, 4.69) is 9.62 Å². The SMILES string of the molecule is CN1CCN(C(=O)C(Cc2ccc([N+](=O)[O-])cc2)C(=O)NS(=O)(=O)c2ccc3ccccc3c2)CC1. The maximum Gasteiger partial charge on any atom is 0.269 e. The van der Waals surface area contributed by atoms with Crippen LogP contribution in [0.4, 0.5) is 5.69 Å². The van der Waals surface area contributed by atoms with Crippen LogP contribution in [0.1, 0.15) is 5.56 Å². The van der Waals surface area contributed by atoms with Crippen LogP contribution in [0.3, 0.4) is 0 Å². The molecule has 1 atom stereocenters. The van der Waals surface area contributed by atoms with Gasteiger partial charge in [-0.2, -0.15) is 0 Å². The predicted octanol–water partition coefficient (Wildman–Crippen LogP) is 2.19. The lowest BCUT2D eigenvalue weighted by atomic mass is 9.96. The highest BCUT2D eigenvalue weighted by molar-refractivity contribution is 7.90. The van der Waals surface area contributed by atoms with Gasteiger partial charge < -0.3 is 9.80 Å². The van der Waals surface area contributed by atoms with Gasteiger partial charge in [-0.3, -0.25) is 19.7 Å². The fourth-order valence-electron chi connectivity index (χ4n) is 4.13. The number of amides is 2. The third-order valence-corrected chi connectivity index (χ3v) is 7.63. The van der Waals surface area contributed by atoms with E-state index in [1.807, 2.05) is 19.2 Å². The number of nitro benzene ring substituents is 1. The molecule has 3 aromatic rings. The standard InChI is InChI=1S/C25H26N4O6S/c1-27-12-14-28(15-13-27)25(31)23(16-18-6-9-21(10-7-18)29(32)33)24(30)26-36(34,35)22-11-8-19-4-2-3-5-20(19)17-22/h2-11,17,23H,12-16H2,1H3,(H,26,30). The summed E-state index contributed by atoms with van der Waals surface area (Å²) in [5.74, 6) is -2.73. The van der Waals surface area contributed by atoms with Crippen molar-refractivity contribution in [3.8, 4) is 0 Å². The summed E-state index contributed by atoms with van der Waals surface area (Å²) in [7, 11) is -2.32. The van der Waals surface area contributed by atoms with Crippen LogP contribution in [-0.2, 0) is 26.0 Å². The number of fused-ring (bicyclic) bond motifs is 1. The van der Waals surface area contributed by atoms with Gasteiger partial charge in [-0.05, 0) is 41.9 Å². The number of rotatable bonds is 7. The predicted molar refractivity (Wildman–Crippen MR) is 134 cm³/mol. The molecule has 10 nitrogen and oxygen atoms in total. The molecule has 3 aromatic carbocycles. The highest BCUT2D eigenvalue weighted by atomic mass is 32.2. The molecule has 0 aromatic heterocycles. The molecule has 1 aliphatic rings. The van der Waals surface area contributed by atoms with E-state index in [-0.39, 0.29) is 17.0 Å². The van der Waals surface area contributed by atoms with E-state index in [0.717, 1.165) is 5.39 Å². The number of non-ortho nitro benzene ring substituents is 1. The van der Waals surface area contributed by atoms with Crippen molar-refractivity contribution in [1.82, 2.24) is 14.5 Å². The van der Waals surface area contributed by atoms with Gasteiger partial charge in [0.2, 0.25) is 11.8 Å². The van der Waals surface area contributed by atoms with Gasteiger partial charge in [0, 0.05) is 38.3 Å². The van der Waals surface area contributed by atoms with E-state index in [9.17, 15) is 28.1 Å². The van der Waals surface area contributed by atoms with Crippen molar-refractivity contribution in [1.29, 1.82) is 0 Å². The zero-order valence-corrected chi connectivity index (χ0v) is 20.5. The normalized spacial score (nSPS) is 15.4. The van der Waals surface area contributed by atoms with Crippen molar-refractivity contribution >= 4 is 38.3 Å². The van der Waals surface area contributed by atoms with Gasteiger partial charge in [-0.15, -0.1) is 0 Å². The summed E-state index contributed by atoms with van der Waals surface area (Å²) in [6.45, 7) is 2.09. The highest BCUT2D eigenvalue weighted by Gasteiger charge is 2.34. The van der Waals surface area contributed by atoms with Crippen LogP contribution in [0, 0.1) is 16.0 Å². The van der Waals surface area contributed by atoms with Gasteiger partial charge >= 0.3 is 0 Å². The third kappa shape index (κ3) is 5.69. The van der Waals surface area contributed by atoms with Crippen LogP contribution in [0.25, 0.3) is 10.8 Å². The Morgan fingerprint density at radius 2 is 1.61 bits per heavy atom. The molecule has 0 radical (unpaired) electrons. The number of benzene rings is 3. The Morgan fingerprint density at radius 1 is 0.972 bits per heavy atom. The number of nitro groups is 1. The first-order valence-electron chi connectivity index (χ1n) is 11.4. The number of carbonyl (C=O) groups excluding carboxylic acids is 2. The molecule has 4 rings (SSSR count). The second kappa shape index (κ2) is 10.4. The van der Waals surface area contributed by atoms with E-state index >= 15 is 0 Å². The van der Waals surface area contributed by atoms with Crippen molar-refractivity contribution < 1.29 is 22.9 Å². The fourth-order valence-corrected chi connectivity index (χ4v) is 5.18. The quantitative estimate of drug-likeness (QED) is 0.293. The Labute approximate surface area is 208 Å². The fraction of sp³-hybridized carbons (Fsp3) is 0.280. The minimum absolute atomic E-state index is 0.0873. The molecule has 188 valence electrons. The molecule has 0 bridgehead atoms. The van der Waals surface area contributed by atoms with E-state index in [1.54, 1.807) is 23.1 Å². The van der Waals surface area contributed by atoms with Gasteiger partial charge in [0.25, 0.3) is 15.7 Å². The Bertz CT molecular complexity index is 1400. The summed E-state index contributed by atoms with van der Waals surface area (Å²) < 4.78 is 28.2. The average molecular weight is 511 g/mol. The molecule has 1 aliphatic heterocycles. The first-order chi connectivity index (χ1) is 17.1. The van der Waals surface area contributed by atoms with Crippen molar-refractivity contribution in [2.45, 2.75) is 11.3 Å². The Balaban J connectivity index is 1.59. The smallest absolute Gasteiger partial charge is 0.269 e. The number of hydrogen-bond donors (Lipinski definition) is 1. The zero-order valence-electron chi connectivity index (χ0n) is 19.7. The van der Waals surface area contributed by atoms with Crippen molar-refractivity contribution in [2.75, 3.05) is 33.2 Å². The molecule has 0 aliphatic carbocycles. The zero-order chi connectivity index (χ0) is 25.9. The summed E-state index contributed by atoms with van der Waals surface area (Å²) in [4.78, 5) is 40.6. The average Bonchev–Trinajstić information content (AvgIpc) is 2.87. The van der Waals surface area contributed by atoms with Gasteiger partial charge in [0.1, 0.15) is 5.92 Å². The minimum Gasteiger partial charge on any atom is -0.339 e. The van der Waals surface area contributed by atoms with Crippen LogP contribution in [-0.4, -0.2) is 68.2 Å². The Hall–Kier alpha value is -3.83. The number of piperazine rings is 1. The molecule has 11 heteroatoms. The number of carbonyl (C=O) groups is 2. The molecule has 0 saturated carbocycles. The van der Waals surface area contributed by atoms with E-state index in [1.165, 1.54) is 36.4 Å². The van der Waals surface area contributed by atoms with Gasteiger partial charge in [-0.25, -0.2) is 13.1 Å². The second-order valence-corrected chi connectivity index (χ2v) is 10.5. The lowest BCUT2D eigenvalue weighted by Gasteiger charge is -2.34. The lowest BCUT2D eigenvalue weighted by Crippen LogP contribution is -2.52. The molecule has 36 heavy (non-hydrogen) atoms. The monoisotopic (exact) mass is 510 g/mol. The molecular weight excluding hydrogens is 484 g/mol. The molecule has 1 heterocycles. The van der Waals surface area contributed by atoms with Crippen molar-refractivity contribution in [2.24, 2.45) is 5.92 Å². The molecule has 1 N–H and O–H groups in total. The number of nitrogens with one attached hydrogen (secondary N) is 1. The highest BCUT2D eigenvalue weighted by Crippen LogP contribution is 2.21. The first-order valence-corrected chi connectivity index (χ1v) is 12.9. The first kappa shape index (κ1) is 25.3. The summed E-state index contributed by atoms with van der Waals surface area (Å²) in [5, 5.41) is 12.5. The molecule has 1 fully saturated rings. The summed E-state index contributed by atoms with van der Waals surface area (Å²) in [5.41, 5.74) is 0.385. The topological polar surface area (TPSA) is 130 Å². The number of sulfonamides is 1. The van der Waals surface area contributed by atoms with Crippen molar-refractivity contribution in [3.05, 3.63) is 82.4 Å². The second-order valence-electron chi connectivity index (χ2n) is 8.79. The van der Waals surface area contributed by atoms with Gasteiger partial charge in [0.05, 0.1) is 9.82 Å². The van der Waals surface area contributed by atoms with Crippen LogP contribution in [0.15, 0.2) is 71.6 Å². The summed E-state index contributed by atoms with van der Waals surface area (Å²) >= 11 is 0. The molecule has 1 unspecified atom stereocenters. The number of nitrogens with zero attached hydrogens (tertiary/aromatic N) is 3. The van der Waals surface area contributed by atoms with E-state index in [4.69, 9.17) is 0 Å². The van der Waals surface area contributed by atoms with Gasteiger partial charge in [-0.1, -0.05) is 42.5 Å². The molecule has 2 amide bonds. The van der Waals surface area contributed by atoms with Crippen LogP contribution >= 0.6 is 0 Å². The minimum atomic E-state index is -4.25. The van der Waals surface area contributed by atoms with E-state index < -0.39 is 32.7 Å². The van der Waals surface area contributed by atoms with E-state index in [0.29, 0.717) is 37.1 Å². The molecule has 1 saturated heterocycles.